The number of nitrogen functional groups attached to an aromatic ring is 1. The fourth-order valence-electron chi connectivity index (χ4n) is 1.65. The molecule has 0 amide bonds. The molecule has 74 valence electrons. The molecular weight excluding hydrogens is 186 g/mol. The van der Waals surface area contributed by atoms with Gasteiger partial charge in [-0.1, -0.05) is 36.4 Å². The molecule has 0 fully saturated rings. The third kappa shape index (κ3) is 1.74. The van der Waals surface area contributed by atoms with E-state index in [1.807, 2.05) is 36.4 Å². The molecule has 0 heterocycles. The van der Waals surface area contributed by atoms with E-state index in [4.69, 9.17) is 5.73 Å². The van der Waals surface area contributed by atoms with Gasteiger partial charge < -0.3 is 5.73 Å². The molecule has 2 nitrogen and oxygen atoms in total. The van der Waals surface area contributed by atoms with E-state index in [0.717, 1.165) is 28.3 Å². The molecule has 0 aliphatic rings. The predicted molar refractivity (Wildman–Crippen MR) is 63.5 cm³/mol. The van der Waals surface area contributed by atoms with Crippen LogP contribution in [0.2, 0.25) is 0 Å². The number of hydrogen-bond donors (Lipinski definition) is 1. The Morgan fingerprint density at radius 3 is 2.53 bits per heavy atom. The minimum atomic E-state index is 0.758. The molecular formula is C13H11NO. The van der Waals surface area contributed by atoms with Gasteiger partial charge in [0.05, 0.1) is 0 Å². The summed E-state index contributed by atoms with van der Waals surface area (Å²) < 4.78 is 0. The molecule has 0 spiro atoms. The molecule has 0 radical (unpaired) electrons. The van der Waals surface area contributed by atoms with Gasteiger partial charge in [0.25, 0.3) is 0 Å². The Balaban J connectivity index is 2.71. The Labute approximate surface area is 88.0 Å². The zero-order valence-corrected chi connectivity index (χ0v) is 8.18. The molecule has 2 aromatic rings. The largest absolute Gasteiger partial charge is 0.398 e. The first-order valence-corrected chi connectivity index (χ1v) is 4.72. The number of carbonyl (C=O) groups is 1. The van der Waals surface area contributed by atoms with E-state index in [0.29, 0.717) is 0 Å². The van der Waals surface area contributed by atoms with Crippen molar-refractivity contribution < 1.29 is 4.79 Å². The molecule has 2 N–H and O–H groups in total. The topological polar surface area (TPSA) is 43.1 Å². The van der Waals surface area contributed by atoms with E-state index in [-0.39, 0.29) is 0 Å². The van der Waals surface area contributed by atoms with E-state index in [2.05, 4.69) is 0 Å². The van der Waals surface area contributed by atoms with Gasteiger partial charge in [-0.2, -0.15) is 0 Å². The van der Waals surface area contributed by atoms with Gasteiger partial charge in [-0.15, -0.1) is 0 Å². The molecule has 0 aliphatic carbocycles. The molecule has 0 bridgehead atoms. The quantitative estimate of drug-likeness (QED) is 0.457. The van der Waals surface area contributed by atoms with Crippen molar-refractivity contribution in [1.29, 1.82) is 0 Å². The number of rotatable bonds is 2. The van der Waals surface area contributed by atoms with Crippen molar-refractivity contribution in [2.24, 2.45) is 0 Å². The molecule has 2 heteroatoms. The van der Waals surface area contributed by atoms with Crippen LogP contribution in [0.3, 0.4) is 0 Å². The minimum Gasteiger partial charge on any atom is -0.398 e. The van der Waals surface area contributed by atoms with Crippen molar-refractivity contribution in [3.8, 4) is 0 Å². The van der Waals surface area contributed by atoms with Gasteiger partial charge in [0.15, 0.2) is 0 Å². The number of hydrogen-bond acceptors (Lipinski definition) is 2. The number of anilines is 1. The Morgan fingerprint density at radius 2 is 1.73 bits per heavy atom. The van der Waals surface area contributed by atoms with Crippen LogP contribution in [0.15, 0.2) is 42.5 Å². The first kappa shape index (κ1) is 9.46. The Hall–Kier alpha value is -2.09. The van der Waals surface area contributed by atoms with Gasteiger partial charge in [0.2, 0.25) is 0 Å². The van der Waals surface area contributed by atoms with E-state index in [1.165, 1.54) is 6.08 Å². The zero-order chi connectivity index (χ0) is 10.7. The summed E-state index contributed by atoms with van der Waals surface area (Å²) in [4.78, 5) is 10.3. The van der Waals surface area contributed by atoms with E-state index in [1.54, 1.807) is 6.08 Å². The lowest BCUT2D eigenvalue weighted by Gasteiger charge is -2.04. The Bertz CT molecular complexity index is 529. The maximum atomic E-state index is 10.3. The highest BCUT2D eigenvalue weighted by atomic mass is 16.1. The molecule has 0 saturated heterocycles. The van der Waals surface area contributed by atoms with E-state index < -0.39 is 0 Å². The van der Waals surface area contributed by atoms with Crippen molar-refractivity contribution in [3.63, 3.8) is 0 Å². The summed E-state index contributed by atoms with van der Waals surface area (Å²) in [6, 6.07) is 11.6. The number of nitrogens with two attached hydrogens (primary N) is 1. The van der Waals surface area contributed by atoms with Gasteiger partial charge in [0, 0.05) is 11.1 Å². The minimum absolute atomic E-state index is 0.758. The second kappa shape index (κ2) is 3.96. The highest BCUT2D eigenvalue weighted by molar-refractivity contribution is 5.98. The Morgan fingerprint density at radius 1 is 1.00 bits per heavy atom. The summed E-state index contributed by atoms with van der Waals surface area (Å²) in [5.74, 6) is 0. The lowest BCUT2D eigenvalue weighted by atomic mass is 10.0. The number of benzene rings is 2. The van der Waals surface area contributed by atoms with Crippen molar-refractivity contribution in [3.05, 3.63) is 48.0 Å². The van der Waals surface area contributed by atoms with Crippen LogP contribution in [-0.2, 0) is 4.79 Å². The lowest BCUT2D eigenvalue weighted by molar-refractivity contribution is -0.104. The number of aldehydes is 1. The number of fused-ring (bicyclic) bond motifs is 1. The SMILES string of the molecule is Nc1cccc2c(C=CC=O)cccc12. The summed E-state index contributed by atoms with van der Waals surface area (Å²) in [6.45, 7) is 0. The van der Waals surface area contributed by atoms with Crippen LogP contribution in [0.1, 0.15) is 5.56 Å². The fraction of sp³-hybridized carbons (Fsp3) is 0. The van der Waals surface area contributed by atoms with Crippen LogP contribution in [0.5, 0.6) is 0 Å². The van der Waals surface area contributed by atoms with Gasteiger partial charge in [0.1, 0.15) is 6.29 Å². The first-order chi connectivity index (χ1) is 7.33. The maximum Gasteiger partial charge on any atom is 0.142 e. The summed E-state index contributed by atoms with van der Waals surface area (Å²) >= 11 is 0. The summed E-state index contributed by atoms with van der Waals surface area (Å²) in [5.41, 5.74) is 7.62. The van der Waals surface area contributed by atoms with E-state index in [9.17, 15) is 4.79 Å². The average Bonchev–Trinajstić information content (AvgIpc) is 2.27. The number of allylic oxidation sites excluding steroid dienone is 1. The van der Waals surface area contributed by atoms with Gasteiger partial charge in [-0.25, -0.2) is 0 Å². The molecule has 0 atom stereocenters. The molecule has 0 aliphatic heterocycles. The van der Waals surface area contributed by atoms with Gasteiger partial charge in [-0.3, -0.25) is 4.79 Å². The fourth-order valence-corrected chi connectivity index (χ4v) is 1.65. The molecule has 2 rings (SSSR count). The molecule has 15 heavy (non-hydrogen) atoms. The highest BCUT2D eigenvalue weighted by Crippen LogP contribution is 2.24. The highest BCUT2D eigenvalue weighted by Gasteiger charge is 1.99. The predicted octanol–water partition coefficient (Wildman–Crippen LogP) is 2.63. The second-order valence-electron chi connectivity index (χ2n) is 3.28. The van der Waals surface area contributed by atoms with Crippen LogP contribution in [0.4, 0.5) is 5.69 Å². The molecule has 2 aromatic carbocycles. The van der Waals surface area contributed by atoms with Gasteiger partial charge in [-0.05, 0) is 23.1 Å². The lowest BCUT2D eigenvalue weighted by Crippen LogP contribution is -1.87. The third-order valence-electron chi connectivity index (χ3n) is 2.34. The monoisotopic (exact) mass is 197 g/mol. The standard InChI is InChI=1S/C13H11NO/c14-13-8-2-6-11-10(5-3-9-15)4-1-7-12(11)13/h1-9H,14H2. The molecule has 0 aromatic heterocycles. The normalized spacial score (nSPS) is 10.9. The van der Waals surface area contributed by atoms with Gasteiger partial charge >= 0.3 is 0 Å². The second-order valence-corrected chi connectivity index (χ2v) is 3.28. The van der Waals surface area contributed by atoms with Crippen molar-refractivity contribution in [1.82, 2.24) is 0 Å². The smallest absolute Gasteiger partial charge is 0.142 e. The van der Waals surface area contributed by atoms with Crippen LogP contribution in [0.25, 0.3) is 16.8 Å². The van der Waals surface area contributed by atoms with Crippen LogP contribution < -0.4 is 5.73 Å². The summed E-state index contributed by atoms with van der Waals surface area (Å²) in [6.07, 6.45) is 4.04. The third-order valence-corrected chi connectivity index (χ3v) is 2.34. The maximum absolute atomic E-state index is 10.3. The van der Waals surface area contributed by atoms with Crippen LogP contribution in [-0.4, -0.2) is 6.29 Å². The van der Waals surface area contributed by atoms with Crippen LogP contribution in [0, 0.1) is 0 Å². The van der Waals surface area contributed by atoms with Crippen molar-refractivity contribution in [2.75, 3.05) is 5.73 Å². The van der Waals surface area contributed by atoms with Crippen molar-refractivity contribution >= 4 is 28.8 Å². The Kier molecular flexibility index (Phi) is 2.50. The average molecular weight is 197 g/mol. The van der Waals surface area contributed by atoms with E-state index >= 15 is 0 Å². The molecule has 0 saturated carbocycles. The summed E-state index contributed by atoms with van der Waals surface area (Å²) in [7, 11) is 0. The summed E-state index contributed by atoms with van der Waals surface area (Å²) in [5, 5.41) is 2.08. The molecule has 0 unspecified atom stereocenters. The number of carbonyl (C=O) groups excluding carboxylic acids is 1. The van der Waals surface area contributed by atoms with Crippen LogP contribution >= 0.6 is 0 Å². The van der Waals surface area contributed by atoms with Crippen molar-refractivity contribution in [2.45, 2.75) is 0 Å². The first-order valence-electron chi connectivity index (χ1n) is 4.72. The zero-order valence-electron chi connectivity index (χ0n) is 8.18.